The molecule has 0 spiro atoms. The molecule has 0 N–H and O–H groups in total. The van der Waals surface area contributed by atoms with E-state index in [0.29, 0.717) is 6.42 Å². The number of carbonyl (C=O) groups excluding carboxylic acids is 1. The van der Waals surface area contributed by atoms with Crippen LogP contribution in [0.25, 0.3) is 0 Å². The van der Waals surface area contributed by atoms with Crippen molar-refractivity contribution in [2.24, 2.45) is 0 Å². The van der Waals surface area contributed by atoms with Crippen molar-refractivity contribution in [2.75, 3.05) is 0 Å². The highest BCUT2D eigenvalue weighted by molar-refractivity contribution is 9.09. The zero-order chi connectivity index (χ0) is 5.28. The minimum Gasteiger partial charge on any atom is -0.451 e. The molecule has 1 aliphatic rings. The van der Waals surface area contributed by atoms with Gasteiger partial charge < -0.3 is 4.74 Å². The number of alkyl halides is 1. The highest BCUT2D eigenvalue weighted by Crippen LogP contribution is 2.17. The van der Waals surface area contributed by atoms with E-state index in [1.165, 1.54) is 0 Å². The van der Waals surface area contributed by atoms with Gasteiger partial charge in [0.05, 0.1) is 0 Å². The van der Waals surface area contributed by atoms with E-state index in [2.05, 4.69) is 20.7 Å². The molecular weight excluding hydrogens is 160 g/mol. The van der Waals surface area contributed by atoms with Crippen molar-refractivity contribution in [1.82, 2.24) is 0 Å². The normalized spacial score (nSPS) is 30.4. The van der Waals surface area contributed by atoms with Crippen LogP contribution in [-0.4, -0.2) is 11.0 Å². The third kappa shape index (κ3) is 1.16. The maximum atomic E-state index is 10.2. The van der Waals surface area contributed by atoms with E-state index in [4.69, 9.17) is 0 Å². The van der Waals surface area contributed by atoms with E-state index in [-0.39, 0.29) is 11.0 Å². The Morgan fingerprint density at radius 2 is 2.57 bits per heavy atom. The molecule has 1 fully saturated rings. The van der Waals surface area contributed by atoms with Gasteiger partial charge in [0.1, 0.15) is 0 Å². The van der Waals surface area contributed by atoms with Gasteiger partial charge in [0.15, 0.2) is 5.01 Å². The quantitative estimate of drug-likeness (QED) is 0.396. The van der Waals surface area contributed by atoms with E-state index in [0.717, 1.165) is 6.42 Å². The predicted molar refractivity (Wildman–Crippen MR) is 28.0 cm³/mol. The van der Waals surface area contributed by atoms with Gasteiger partial charge in [-0.25, -0.2) is 0 Å². The Bertz CT molecular complexity index is 91.7. The van der Waals surface area contributed by atoms with Crippen LogP contribution in [-0.2, 0) is 9.53 Å². The SMILES string of the molecule is O=C1CC[C@@H](Br)O1. The van der Waals surface area contributed by atoms with E-state index in [1.54, 1.807) is 0 Å². The number of hydrogen-bond donors (Lipinski definition) is 0. The number of rotatable bonds is 0. The Morgan fingerprint density at radius 3 is 2.71 bits per heavy atom. The van der Waals surface area contributed by atoms with Crippen LogP contribution in [0.1, 0.15) is 12.8 Å². The molecule has 0 radical (unpaired) electrons. The van der Waals surface area contributed by atoms with Gasteiger partial charge in [0, 0.05) is 12.8 Å². The van der Waals surface area contributed by atoms with Gasteiger partial charge in [-0.2, -0.15) is 0 Å². The summed E-state index contributed by atoms with van der Waals surface area (Å²) in [7, 11) is 0. The molecule has 0 aromatic rings. The lowest BCUT2D eigenvalue weighted by molar-refractivity contribution is -0.138. The maximum absolute atomic E-state index is 10.2. The molecule has 1 atom stereocenters. The van der Waals surface area contributed by atoms with E-state index in [9.17, 15) is 4.79 Å². The maximum Gasteiger partial charge on any atom is 0.307 e. The molecular formula is C4H5BrO2. The summed E-state index contributed by atoms with van der Waals surface area (Å²) in [5.74, 6) is -0.0955. The summed E-state index contributed by atoms with van der Waals surface area (Å²) >= 11 is 3.14. The van der Waals surface area contributed by atoms with E-state index in [1.807, 2.05) is 0 Å². The van der Waals surface area contributed by atoms with Crippen molar-refractivity contribution in [3.05, 3.63) is 0 Å². The summed E-state index contributed by atoms with van der Waals surface area (Å²) in [6.07, 6.45) is 1.38. The second-order valence-corrected chi connectivity index (χ2v) is 2.46. The Morgan fingerprint density at radius 1 is 1.86 bits per heavy atom. The predicted octanol–water partition coefficient (Wildman–Crippen LogP) is 1.04. The number of halogens is 1. The fourth-order valence-electron chi connectivity index (χ4n) is 0.492. The van der Waals surface area contributed by atoms with Gasteiger partial charge >= 0.3 is 5.97 Å². The highest BCUT2D eigenvalue weighted by atomic mass is 79.9. The van der Waals surface area contributed by atoms with Gasteiger partial charge in [-0.1, -0.05) is 0 Å². The monoisotopic (exact) mass is 164 g/mol. The van der Waals surface area contributed by atoms with Gasteiger partial charge in [0.25, 0.3) is 0 Å². The molecule has 0 bridgehead atoms. The van der Waals surface area contributed by atoms with Crippen LogP contribution in [0.5, 0.6) is 0 Å². The van der Waals surface area contributed by atoms with Crippen LogP contribution in [0.2, 0.25) is 0 Å². The average molecular weight is 165 g/mol. The number of hydrogen-bond acceptors (Lipinski definition) is 2. The first-order valence-electron chi connectivity index (χ1n) is 2.12. The third-order valence-electron chi connectivity index (χ3n) is 0.835. The molecule has 0 amide bonds. The van der Waals surface area contributed by atoms with E-state index < -0.39 is 0 Å². The van der Waals surface area contributed by atoms with Gasteiger partial charge in [-0.15, -0.1) is 0 Å². The first kappa shape index (κ1) is 5.09. The number of esters is 1. The van der Waals surface area contributed by atoms with Crippen molar-refractivity contribution < 1.29 is 9.53 Å². The van der Waals surface area contributed by atoms with Crippen LogP contribution in [0.15, 0.2) is 0 Å². The number of cyclic esters (lactones) is 1. The van der Waals surface area contributed by atoms with Crippen molar-refractivity contribution in [3.8, 4) is 0 Å². The van der Waals surface area contributed by atoms with Crippen molar-refractivity contribution in [1.29, 1.82) is 0 Å². The molecule has 1 saturated heterocycles. The second kappa shape index (κ2) is 1.82. The lowest BCUT2D eigenvalue weighted by atomic mass is 10.4. The standard InChI is InChI=1S/C4H5BrO2/c5-3-1-2-4(6)7-3/h3H,1-2H2/t3-/m0/s1. The van der Waals surface area contributed by atoms with Gasteiger partial charge in [0.2, 0.25) is 0 Å². The van der Waals surface area contributed by atoms with Crippen LogP contribution in [0.4, 0.5) is 0 Å². The zero-order valence-corrected chi connectivity index (χ0v) is 5.27. The largest absolute Gasteiger partial charge is 0.451 e. The van der Waals surface area contributed by atoms with Crippen molar-refractivity contribution in [2.45, 2.75) is 17.9 Å². The molecule has 0 aromatic heterocycles. The highest BCUT2D eigenvalue weighted by Gasteiger charge is 2.19. The molecule has 7 heavy (non-hydrogen) atoms. The topological polar surface area (TPSA) is 26.3 Å². The summed E-state index contributed by atoms with van der Waals surface area (Å²) in [6, 6.07) is 0. The molecule has 3 heteroatoms. The molecule has 0 unspecified atom stereocenters. The molecule has 1 aliphatic heterocycles. The smallest absolute Gasteiger partial charge is 0.307 e. The summed E-state index contributed by atoms with van der Waals surface area (Å²) in [4.78, 5) is 10.2. The average Bonchev–Trinajstić information content (AvgIpc) is 1.87. The van der Waals surface area contributed by atoms with Gasteiger partial charge in [-0.05, 0) is 15.9 Å². The lowest BCUT2D eigenvalue weighted by Gasteiger charge is -1.93. The van der Waals surface area contributed by atoms with Gasteiger partial charge in [-0.3, -0.25) is 4.79 Å². The first-order chi connectivity index (χ1) is 3.29. The minimum atomic E-state index is -0.0955. The number of ether oxygens (including phenoxy) is 1. The first-order valence-corrected chi connectivity index (χ1v) is 3.04. The fourth-order valence-corrected chi connectivity index (χ4v) is 0.929. The molecule has 1 rings (SSSR count). The zero-order valence-electron chi connectivity index (χ0n) is 3.69. The Labute approximate surface area is 50.0 Å². The molecule has 0 aliphatic carbocycles. The Hall–Kier alpha value is -0.0500. The van der Waals surface area contributed by atoms with Crippen molar-refractivity contribution in [3.63, 3.8) is 0 Å². The minimum absolute atomic E-state index is 0.0139. The molecule has 1 heterocycles. The van der Waals surface area contributed by atoms with Crippen LogP contribution in [0, 0.1) is 0 Å². The Balaban J connectivity index is 2.40. The lowest BCUT2D eigenvalue weighted by Crippen LogP contribution is -1.95. The summed E-state index contributed by atoms with van der Waals surface area (Å²) in [6.45, 7) is 0. The third-order valence-corrected chi connectivity index (χ3v) is 1.48. The molecule has 2 nitrogen and oxygen atoms in total. The second-order valence-electron chi connectivity index (χ2n) is 1.44. The molecule has 40 valence electrons. The number of carbonyl (C=O) groups is 1. The fraction of sp³-hybridized carbons (Fsp3) is 0.750. The summed E-state index contributed by atoms with van der Waals surface area (Å²) in [5, 5.41) is -0.0139. The Kier molecular flexibility index (Phi) is 1.32. The van der Waals surface area contributed by atoms with Crippen LogP contribution >= 0.6 is 15.9 Å². The van der Waals surface area contributed by atoms with E-state index >= 15 is 0 Å². The summed E-state index contributed by atoms with van der Waals surface area (Å²) in [5.41, 5.74) is 0. The van der Waals surface area contributed by atoms with Crippen LogP contribution in [0.3, 0.4) is 0 Å². The molecule has 0 aromatic carbocycles. The molecule has 0 saturated carbocycles. The van der Waals surface area contributed by atoms with Crippen molar-refractivity contribution >= 4 is 21.9 Å². The van der Waals surface area contributed by atoms with Crippen LogP contribution < -0.4 is 0 Å². The summed E-state index contributed by atoms with van der Waals surface area (Å²) < 4.78 is 4.64.